The van der Waals surface area contributed by atoms with Crippen molar-refractivity contribution in [3.05, 3.63) is 102 Å². The second kappa shape index (κ2) is 10.4. The summed E-state index contributed by atoms with van der Waals surface area (Å²) >= 11 is 2.81. The number of nitrogens with zero attached hydrogens (tertiary/aromatic N) is 5. The number of thiazole rings is 1. The lowest BCUT2D eigenvalue weighted by atomic mass is 10.1. The molecule has 0 aliphatic carbocycles. The molecular weight excluding hydrogens is 464 g/mol. The highest BCUT2D eigenvalue weighted by atomic mass is 32.2. The van der Waals surface area contributed by atoms with Crippen LogP contribution in [0, 0.1) is 0 Å². The fourth-order valence-corrected chi connectivity index (χ4v) is 5.00. The first kappa shape index (κ1) is 22.0. The lowest BCUT2D eigenvalue weighted by molar-refractivity contribution is -0.113. The Morgan fingerprint density at radius 1 is 0.941 bits per heavy atom. The summed E-state index contributed by atoms with van der Waals surface area (Å²) in [5, 5.41) is 12.9. The van der Waals surface area contributed by atoms with Gasteiger partial charge in [0, 0.05) is 41.1 Å². The van der Waals surface area contributed by atoms with E-state index in [9.17, 15) is 4.79 Å². The normalized spacial score (nSPS) is 10.8. The predicted octanol–water partition coefficient (Wildman–Crippen LogP) is 5.11. The van der Waals surface area contributed by atoms with Crippen LogP contribution in [0.1, 0.15) is 10.4 Å². The summed E-state index contributed by atoms with van der Waals surface area (Å²) in [5.74, 6) is 0.717. The molecule has 168 valence electrons. The van der Waals surface area contributed by atoms with E-state index in [-0.39, 0.29) is 11.7 Å². The van der Waals surface area contributed by atoms with Crippen molar-refractivity contribution in [1.29, 1.82) is 0 Å². The van der Waals surface area contributed by atoms with Crippen LogP contribution in [0.3, 0.4) is 0 Å². The van der Waals surface area contributed by atoms with Gasteiger partial charge in [0.2, 0.25) is 5.91 Å². The molecule has 0 unspecified atom stereocenters. The number of para-hydroxylation sites is 1. The fraction of sp³-hybridized carbons (Fsp3) is 0.0800. The molecule has 0 saturated heterocycles. The molecule has 1 N–H and O–H groups in total. The van der Waals surface area contributed by atoms with Crippen LogP contribution in [0.15, 0.2) is 96.5 Å². The Hall–Kier alpha value is -3.82. The molecule has 0 spiro atoms. The molecule has 2 aromatic carbocycles. The number of thioether (sulfide) groups is 1. The molecule has 0 aliphatic rings. The molecule has 5 rings (SSSR count). The zero-order valence-corrected chi connectivity index (χ0v) is 19.7. The van der Waals surface area contributed by atoms with Crippen molar-refractivity contribution in [3.63, 3.8) is 0 Å². The summed E-state index contributed by atoms with van der Waals surface area (Å²) in [6.07, 6.45) is 6.07. The zero-order valence-electron chi connectivity index (χ0n) is 18.0. The summed E-state index contributed by atoms with van der Waals surface area (Å²) < 4.78 is 1.94. The summed E-state index contributed by atoms with van der Waals surface area (Å²) in [6.45, 7) is 0. The van der Waals surface area contributed by atoms with E-state index in [1.807, 2.05) is 71.4 Å². The smallest absolute Gasteiger partial charge is 0.236 e. The first-order valence-corrected chi connectivity index (χ1v) is 12.4. The van der Waals surface area contributed by atoms with Gasteiger partial charge in [-0.15, -0.1) is 21.5 Å². The van der Waals surface area contributed by atoms with E-state index >= 15 is 0 Å². The summed E-state index contributed by atoms with van der Waals surface area (Å²) in [4.78, 5) is 22.3. The number of amides is 1. The van der Waals surface area contributed by atoms with Crippen LogP contribution in [-0.2, 0) is 11.2 Å². The van der Waals surface area contributed by atoms with Crippen LogP contribution >= 0.6 is 23.1 Å². The van der Waals surface area contributed by atoms with Crippen LogP contribution in [-0.4, -0.2) is 36.4 Å². The fourth-order valence-electron chi connectivity index (χ4n) is 3.38. The lowest BCUT2D eigenvalue weighted by Gasteiger charge is -2.10. The number of pyridine rings is 1. The molecule has 0 fully saturated rings. The third kappa shape index (κ3) is 5.22. The van der Waals surface area contributed by atoms with Gasteiger partial charge in [-0.05, 0) is 29.8 Å². The van der Waals surface area contributed by atoms with Gasteiger partial charge in [0.25, 0.3) is 0 Å². The van der Waals surface area contributed by atoms with Crippen molar-refractivity contribution < 1.29 is 4.79 Å². The second-order valence-corrected chi connectivity index (χ2v) is 9.41. The number of benzene rings is 2. The minimum atomic E-state index is -0.142. The van der Waals surface area contributed by atoms with Crippen LogP contribution in [0.4, 0.5) is 5.13 Å². The van der Waals surface area contributed by atoms with Gasteiger partial charge in [-0.3, -0.25) is 14.3 Å². The summed E-state index contributed by atoms with van der Waals surface area (Å²) in [7, 11) is 0. The zero-order chi connectivity index (χ0) is 23.2. The van der Waals surface area contributed by atoms with Crippen LogP contribution < -0.4 is 5.32 Å². The SMILES string of the molecule is O=C(CSc1nnc(-c2cccnc2)n1-c1ccccc1)Nc1ncc(Cc2ccccc2)s1. The van der Waals surface area contributed by atoms with Crippen LogP contribution in [0.5, 0.6) is 0 Å². The highest BCUT2D eigenvalue weighted by molar-refractivity contribution is 7.99. The van der Waals surface area contributed by atoms with Crippen molar-refractivity contribution >= 4 is 34.1 Å². The van der Waals surface area contributed by atoms with Crippen LogP contribution in [0.2, 0.25) is 0 Å². The number of rotatable bonds is 8. The third-order valence-corrected chi connectivity index (χ3v) is 6.76. The quantitative estimate of drug-likeness (QED) is 0.308. The Balaban J connectivity index is 1.28. The van der Waals surface area contributed by atoms with Crippen molar-refractivity contribution in [1.82, 2.24) is 24.7 Å². The van der Waals surface area contributed by atoms with Gasteiger partial charge in [-0.1, -0.05) is 60.3 Å². The lowest BCUT2D eigenvalue weighted by Crippen LogP contribution is -2.14. The van der Waals surface area contributed by atoms with E-state index in [1.165, 1.54) is 28.7 Å². The van der Waals surface area contributed by atoms with Crippen LogP contribution in [0.25, 0.3) is 17.1 Å². The average Bonchev–Trinajstić information content (AvgIpc) is 3.51. The molecule has 7 nitrogen and oxygen atoms in total. The summed E-state index contributed by atoms with van der Waals surface area (Å²) in [5.41, 5.74) is 2.98. The van der Waals surface area contributed by atoms with Crippen molar-refractivity contribution in [2.24, 2.45) is 0 Å². The Morgan fingerprint density at radius 2 is 1.74 bits per heavy atom. The van der Waals surface area contributed by atoms with Gasteiger partial charge in [-0.25, -0.2) is 4.98 Å². The number of nitrogens with one attached hydrogen (secondary N) is 1. The topological polar surface area (TPSA) is 85.6 Å². The molecule has 0 bridgehead atoms. The molecular formula is C25H20N6OS2. The molecule has 9 heteroatoms. The molecule has 3 heterocycles. The van der Waals surface area contributed by atoms with Gasteiger partial charge < -0.3 is 5.32 Å². The monoisotopic (exact) mass is 484 g/mol. The largest absolute Gasteiger partial charge is 0.301 e. The van der Waals surface area contributed by atoms with E-state index in [0.29, 0.717) is 16.1 Å². The first-order valence-electron chi connectivity index (χ1n) is 10.6. The average molecular weight is 485 g/mol. The highest BCUT2D eigenvalue weighted by Crippen LogP contribution is 2.28. The van der Waals surface area contributed by atoms with Gasteiger partial charge in [0.1, 0.15) is 0 Å². The van der Waals surface area contributed by atoms with Crippen molar-refractivity contribution in [2.45, 2.75) is 11.6 Å². The Bertz CT molecular complexity index is 1370. The highest BCUT2D eigenvalue weighted by Gasteiger charge is 2.17. The number of carbonyl (C=O) groups excluding carboxylic acids is 1. The molecule has 3 aromatic heterocycles. The maximum absolute atomic E-state index is 12.6. The first-order chi connectivity index (χ1) is 16.8. The molecule has 34 heavy (non-hydrogen) atoms. The summed E-state index contributed by atoms with van der Waals surface area (Å²) in [6, 6.07) is 23.8. The maximum atomic E-state index is 12.6. The third-order valence-electron chi connectivity index (χ3n) is 4.92. The van der Waals surface area contributed by atoms with Gasteiger partial charge in [0.05, 0.1) is 5.75 Å². The van der Waals surface area contributed by atoms with Gasteiger partial charge >= 0.3 is 0 Å². The Labute approximate surface area is 204 Å². The number of aromatic nitrogens is 5. The predicted molar refractivity (Wildman–Crippen MR) is 135 cm³/mol. The van der Waals surface area contributed by atoms with E-state index < -0.39 is 0 Å². The molecule has 0 aliphatic heterocycles. The number of hydrogen-bond donors (Lipinski definition) is 1. The van der Waals surface area contributed by atoms with Gasteiger partial charge in [-0.2, -0.15) is 0 Å². The standard InChI is InChI=1S/C25H20N6OS2/c32-22(28-24-27-16-21(34-24)14-18-8-3-1-4-9-18)17-33-25-30-29-23(19-10-7-13-26-15-19)31(25)20-11-5-2-6-12-20/h1-13,15-16H,14,17H2,(H,27,28,32). The molecule has 1 amide bonds. The maximum Gasteiger partial charge on any atom is 0.236 e. The van der Waals surface area contributed by atoms with E-state index in [2.05, 4.69) is 37.6 Å². The minimum absolute atomic E-state index is 0.142. The molecule has 0 saturated carbocycles. The number of anilines is 1. The molecule has 0 atom stereocenters. The van der Waals surface area contributed by atoms with E-state index in [0.717, 1.165) is 22.5 Å². The Morgan fingerprint density at radius 3 is 2.50 bits per heavy atom. The van der Waals surface area contributed by atoms with Crippen molar-refractivity contribution in [3.8, 4) is 17.1 Å². The number of hydrogen-bond acceptors (Lipinski definition) is 7. The second-order valence-electron chi connectivity index (χ2n) is 7.35. The van der Waals surface area contributed by atoms with E-state index in [1.54, 1.807) is 12.4 Å². The van der Waals surface area contributed by atoms with Gasteiger partial charge in [0.15, 0.2) is 16.1 Å². The van der Waals surface area contributed by atoms with E-state index in [4.69, 9.17) is 0 Å². The van der Waals surface area contributed by atoms with Crippen molar-refractivity contribution in [2.75, 3.05) is 11.1 Å². The number of carbonyl (C=O) groups is 1. The minimum Gasteiger partial charge on any atom is -0.301 e. The molecule has 0 radical (unpaired) electrons. The molecule has 5 aromatic rings. The Kier molecular flexibility index (Phi) is 6.73.